The fourth-order valence-electron chi connectivity index (χ4n) is 6.75. The van der Waals surface area contributed by atoms with Gasteiger partial charge in [-0.25, -0.2) is 23.5 Å². The van der Waals surface area contributed by atoms with E-state index in [1.165, 1.54) is 4.40 Å². The molecular weight excluding hydrogens is 532 g/mol. The quantitative estimate of drug-likeness (QED) is 0.304. The van der Waals surface area contributed by atoms with Crippen molar-refractivity contribution in [2.24, 2.45) is 5.92 Å². The summed E-state index contributed by atoms with van der Waals surface area (Å²) in [4.78, 5) is 41.4. The van der Waals surface area contributed by atoms with Crippen LogP contribution in [-0.2, 0) is 0 Å². The number of fused-ring (bicyclic) bond motifs is 5. The molecule has 0 amide bonds. The first-order chi connectivity index (χ1) is 19.7. The molecule has 5 aromatic rings. The summed E-state index contributed by atoms with van der Waals surface area (Å²) in [6.07, 6.45) is 5.23. The highest BCUT2D eigenvalue weighted by molar-refractivity contribution is 6.18. The molecule has 0 saturated carbocycles. The number of carboxylic acid groups (broad SMARTS) is 1. The van der Waals surface area contributed by atoms with E-state index in [1.807, 2.05) is 6.07 Å². The number of pyridine rings is 2. The van der Waals surface area contributed by atoms with Crippen molar-refractivity contribution >= 4 is 44.9 Å². The van der Waals surface area contributed by atoms with Crippen LogP contribution in [-0.4, -0.2) is 75.1 Å². The molecule has 2 unspecified atom stereocenters. The fraction of sp³-hybridized carbons (Fsp3) is 0.310. The van der Waals surface area contributed by atoms with E-state index in [0.29, 0.717) is 56.2 Å². The van der Waals surface area contributed by atoms with E-state index in [-0.39, 0.29) is 11.4 Å². The molecule has 2 saturated heterocycles. The zero-order valence-corrected chi connectivity index (χ0v) is 22.6. The number of likely N-dealkylation sites (N-methyl/N-ethyl adjacent to an activating group) is 1. The minimum atomic E-state index is -1.37. The maximum atomic E-state index is 15.7. The summed E-state index contributed by atoms with van der Waals surface area (Å²) in [6, 6.07) is 3.13. The summed E-state index contributed by atoms with van der Waals surface area (Å²) in [5, 5.41) is 13.0. The van der Waals surface area contributed by atoms with Gasteiger partial charge in [0.15, 0.2) is 11.6 Å². The van der Waals surface area contributed by atoms with Crippen LogP contribution in [0.15, 0.2) is 35.5 Å². The highest BCUT2D eigenvalue weighted by Crippen LogP contribution is 2.46. The standard InChI is InChI=1S/C29H27F2N7O3/c1-13-6-15(11-38-27(13)34-9-17(28(38)39)29(40)41)16-8-33-26-22(21-23(31)18(30)7-19(32-2)24(21)35-26)25(16)37-5-4-14-10-36(3)12-20(14)37/h6-9,11,14,20,32H,4-5,10,12H2,1-3H3,(H,33,35)(H,40,41). The monoisotopic (exact) mass is 559 g/mol. The van der Waals surface area contributed by atoms with Crippen molar-refractivity contribution in [2.75, 3.05) is 43.9 Å². The second-order valence-electron chi connectivity index (χ2n) is 11.0. The van der Waals surface area contributed by atoms with Crippen LogP contribution < -0.4 is 15.8 Å². The third kappa shape index (κ3) is 3.63. The first-order valence-corrected chi connectivity index (χ1v) is 13.4. The number of benzene rings is 1. The number of anilines is 2. The molecule has 3 N–H and O–H groups in total. The molecule has 10 nitrogen and oxygen atoms in total. The van der Waals surface area contributed by atoms with Crippen molar-refractivity contribution in [2.45, 2.75) is 19.4 Å². The Hall–Kier alpha value is -4.58. The molecule has 2 aliphatic heterocycles. The lowest BCUT2D eigenvalue weighted by atomic mass is 9.99. The third-order valence-electron chi connectivity index (χ3n) is 8.58. The van der Waals surface area contributed by atoms with Gasteiger partial charge in [-0.3, -0.25) is 9.20 Å². The number of H-pyrrole nitrogens is 1. The molecule has 0 aliphatic carbocycles. The van der Waals surface area contributed by atoms with Crippen molar-refractivity contribution in [1.29, 1.82) is 0 Å². The average Bonchev–Trinajstić information content (AvgIpc) is 3.62. The van der Waals surface area contributed by atoms with Crippen LogP contribution in [0, 0.1) is 24.5 Å². The van der Waals surface area contributed by atoms with Gasteiger partial charge in [-0.15, -0.1) is 0 Å². The molecule has 7 rings (SSSR count). The van der Waals surface area contributed by atoms with Crippen LogP contribution in [0.4, 0.5) is 20.2 Å². The lowest BCUT2D eigenvalue weighted by molar-refractivity contribution is 0.0694. The van der Waals surface area contributed by atoms with Gasteiger partial charge in [-0.2, -0.15) is 0 Å². The molecule has 2 atom stereocenters. The second-order valence-corrected chi connectivity index (χ2v) is 11.0. The summed E-state index contributed by atoms with van der Waals surface area (Å²) in [7, 11) is 3.72. The molecular formula is C29H27F2N7O3. The number of rotatable bonds is 4. The molecule has 2 fully saturated rings. The van der Waals surface area contributed by atoms with Gasteiger partial charge in [0.25, 0.3) is 5.56 Å². The summed E-state index contributed by atoms with van der Waals surface area (Å²) in [5.74, 6) is -2.89. The predicted octanol–water partition coefficient (Wildman–Crippen LogP) is 3.86. The Balaban J connectivity index is 1.59. The fourth-order valence-corrected chi connectivity index (χ4v) is 6.75. The lowest BCUT2D eigenvalue weighted by Gasteiger charge is -2.29. The highest BCUT2D eigenvalue weighted by Gasteiger charge is 2.42. The molecule has 1 aromatic carbocycles. The maximum Gasteiger partial charge on any atom is 0.342 e. The summed E-state index contributed by atoms with van der Waals surface area (Å²) in [5.41, 5.74) is 2.97. The number of likely N-dealkylation sites (tertiary alicyclic amines) is 1. The molecule has 6 heterocycles. The van der Waals surface area contributed by atoms with Crippen LogP contribution in [0.2, 0.25) is 0 Å². The molecule has 0 spiro atoms. The minimum Gasteiger partial charge on any atom is -0.477 e. The zero-order chi connectivity index (χ0) is 28.7. The number of carboxylic acids is 1. The van der Waals surface area contributed by atoms with E-state index in [1.54, 1.807) is 26.4 Å². The number of aromatic amines is 1. The van der Waals surface area contributed by atoms with Gasteiger partial charge < -0.3 is 25.2 Å². The normalized spacial score (nSPS) is 19.1. The topological polar surface area (TPSA) is 119 Å². The molecule has 0 bridgehead atoms. The van der Waals surface area contributed by atoms with Crippen LogP contribution >= 0.6 is 0 Å². The number of halogens is 2. The van der Waals surface area contributed by atoms with Crippen molar-refractivity contribution in [3.63, 3.8) is 0 Å². The van der Waals surface area contributed by atoms with E-state index in [2.05, 4.69) is 37.1 Å². The van der Waals surface area contributed by atoms with Crippen molar-refractivity contribution < 1.29 is 18.7 Å². The smallest absolute Gasteiger partial charge is 0.342 e. The van der Waals surface area contributed by atoms with Gasteiger partial charge in [-0.1, -0.05) is 0 Å². The van der Waals surface area contributed by atoms with Gasteiger partial charge in [0.1, 0.15) is 16.9 Å². The first-order valence-electron chi connectivity index (χ1n) is 13.4. The Bertz CT molecular complexity index is 1990. The predicted molar refractivity (Wildman–Crippen MR) is 152 cm³/mol. The number of aromatic carboxylic acids is 1. The van der Waals surface area contributed by atoms with Crippen molar-refractivity contribution in [1.82, 2.24) is 24.3 Å². The number of hydrogen-bond acceptors (Lipinski definition) is 7. The Kier molecular flexibility index (Phi) is 5.55. The number of aromatic nitrogens is 4. The number of nitrogens with one attached hydrogen (secondary N) is 2. The largest absolute Gasteiger partial charge is 0.477 e. The van der Waals surface area contributed by atoms with E-state index in [0.717, 1.165) is 38.3 Å². The molecule has 210 valence electrons. The Morgan fingerprint density at radius 3 is 2.73 bits per heavy atom. The van der Waals surface area contributed by atoms with E-state index >= 15 is 4.39 Å². The Labute approximate surface area is 232 Å². The van der Waals surface area contributed by atoms with Crippen molar-refractivity contribution in [3.8, 4) is 11.1 Å². The SMILES string of the molecule is CNc1cc(F)c(F)c2c1[nH]c1ncc(-c3cc(C)c4ncc(C(=O)O)c(=O)n4c3)c(N3CCC4CN(C)CC43)c12. The maximum absolute atomic E-state index is 15.7. The van der Waals surface area contributed by atoms with E-state index < -0.39 is 28.7 Å². The Morgan fingerprint density at radius 2 is 1.98 bits per heavy atom. The molecule has 41 heavy (non-hydrogen) atoms. The van der Waals surface area contributed by atoms with Crippen LogP contribution in [0.5, 0.6) is 0 Å². The summed E-state index contributed by atoms with van der Waals surface area (Å²) < 4.78 is 31.8. The number of aryl methyl sites for hydroxylation is 1. The summed E-state index contributed by atoms with van der Waals surface area (Å²) in [6.45, 7) is 4.26. The molecule has 4 aromatic heterocycles. The van der Waals surface area contributed by atoms with Gasteiger partial charge in [-0.05, 0) is 37.9 Å². The third-order valence-corrected chi connectivity index (χ3v) is 8.58. The first kappa shape index (κ1) is 25.4. The van der Waals surface area contributed by atoms with Gasteiger partial charge in [0, 0.05) is 68.5 Å². The average molecular weight is 560 g/mol. The minimum absolute atomic E-state index is 0.105. The number of carbonyl (C=O) groups is 1. The van der Waals surface area contributed by atoms with E-state index in [9.17, 15) is 19.1 Å². The molecule has 2 aliphatic rings. The Morgan fingerprint density at radius 1 is 1.17 bits per heavy atom. The van der Waals surface area contributed by atoms with Crippen molar-refractivity contribution in [3.05, 3.63) is 63.8 Å². The lowest BCUT2D eigenvalue weighted by Crippen LogP contribution is -2.35. The van der Waals surface area contributed by atoms with Crippen LogP contribution in [0.25, 0.3) is 38.7 Å². The van der Waals surface area contributed by atoms with E-state index in [4.69, 9.17) is 0 Å². The number of hydrogen-bond donors (Lipinski definition) is 3. The number of nitrogens with zero attached hydrogens (tertiary/aromatic N) is 5. The van der Waals surface area contributed by atoms with Gasteiger partial charge in [0.2, 0.25) is 0 Å². The van der Waals surface area contributed by atoms with Gasteiger partial charge in [0.05, 0.1) is 27.7 Å². The summed E-state index contributed by atoms with van der Waals surface area (Å²) >= 11 is 0. The van der Waals surface area contributed by atoms with Crippen LogP contribution in [0.1, 0.15) is 22.3 Å². The highest BCUT2D eigenvalue weighted by atomic mass is 19.2. The van der Waals surface area contributed by atoms with Crippen LogP contribution in [0.3, 0.4) is 0 Å². The zero-order valence-electron chi connectivity index (χ0n) is 22.6. The van der Waals surface area contributed by atoms with Gasteiger partial charge >= 0.3 is 5.97 Å². The molecule has 0 radical (unpaired) electrons. The second kappa shape index (κ2) is 8.96. The molecule has 12 heteroatoms.